The summed E-state index contributed by atoms with van der Waals surface area (Å²) in [6.45, 7) is 1.26. The van der Waals surface area contributed by atoms with Crippen molar-refractivity contribution in [2.24, 2.45) is 5.92 Å². The van der Waals surface area contributed by atoms with E-state index in [1.165, 1.54) is 11.3 Å². The van der Waals surface area contributed by atoms with Crippen LogP contribution in [0.3, 0.4) is 0 Å². The summed E-state index contributed by atoms with van der Waals surface area (Å²) < 4.78 is 24.8. The number of thiophene rings is 1. The molecule has 0 radical (unpaired) electrons. The van der Waals surface area contributed by atoms with Crippen LogP contribution in [-0.4, -0.2) is 38.1 Å². The Morgan fingerprint density at radius 3 is 2.39 bits per heavy atom. The summed E-state index contributed by atoms with van der Waals surface area (Å²) in [5.41, 5.74) is 0. The van der Waals surface area contributed by atoms with Crippen molar-refractivity contribution < 1.29 is 13.2 Å². The van der Waals surface area contributed by atoms with Crippen LogP contribution in [0.1, 0.15) is 22.5 Å². The van der Waals surface area contributed by atoms with Gasteiger partial charge in [-0.15, -0.1) is 11.3 Å². The molecule has 1 aliphatic rings. The van der Waals surface area contributed by atoms with E-state index >= 15 is 0 Å². The SMILES string of the molecule is O=C(c1cccs1)N1CCC(CS(=O)(=O)c2ccccc2)CC1. The highest BCUT2D eigenvalue weighted by atomic mass is 32.2. The fourth-order valence-corrected chi connectivity index (χ4v) is 5.30. The van der Waals surface area contributed by atoms with Crippen LogP contribution in [-0.2, 0) is 9.84 Å². The molecule has 0 N–H and O–H groups in total. The maximum atomic E-state index is 12.4. The predicted molar refractivity (Wildman–Crippen MR) is 91.4 cm³/mol. The van der Waals surface area contributed by atoms with Gasteiger partial charge in [-0.25, -0.2) is 8.42 Å². The van der Waals surface area contributed by atoms with Gasteiger partial charge in [-0.2, -0.15) is 0 Å². The third-order valence-corrected chi connectivity index (χ3v) is 6.95. The minimum absolute atomic E-state index is 0.0596. The van der Waals surface area contributed by atoms with Gasteiger partial charge in [0.05, 0.1) is 15.5 Å². The first-order valence-corrected chi connectivity index (χ1v) is 10.2. The molecule has 1 aliphatic heterocycles. The second-order valence-corrected chi connectivity index (χ2v) is 8.79. The molecular weight excluding hydrogens is 330 g/mol. The normalized spacial score (nSPS) is 16.4. The van der Waals surface area contributed by atoms with Gasteiger partial charge in [0.15, 0.2) is 9.84 Å². The van der Waals surface area contributed by atoms with Gasteiger partial charge < -0.3 is 4.90 Å². The second kappa shape index (κ2) is 6.84. The van der Waals surface area contributed by atoms with Crippen LogP contribution in [0.2, 0.25) is 0 Å². The second-order valence-electron chi connectivity index (χ2n) is 5.81. The van der Waals surface area contributed by atoms with Crippen LogP contribution < -0.4 is 0 Å². The molecule has 122 valence electrons. The maximum Gasteiger partial charge on any atom is 0.263 e. The Hall–Kier alpha value is -1.66. The van der Waals surface area contributed by atoms with Crippen LogP contribution in [0.4, 0.5) is 0 Å². The van der Waals surface area contributed by atoms with Crippen molar-refractivity contribution in [3.05, 3.63) is 52.7 Å². The van der Waals surface area contributed by atoms with Gasteiger partial charge in [-0.05, 0) is 42.3 Å². The average molecular weight is 349 g/mol. The van der Waals surface area contributed by atoms with Crippen LogP contribution >= 0.6 is 11.3 Å². The maximum absolute atomic E-state index is 12.4. The number of piperidine rings is 1. The minimum atomic E-state index is -3.24. The van der Waals surface area contributed by atoms with Crippen molar-refractivity contribution in [1.29, 1.82) is 0 Å². The molecule has 1 saturated heterocycles. The molecule has 0 atom stereocenters. The lowest BCUT2D eigenvalue weighted by Crippen LogP contribution is -2.39. The van der Waals surface area contributed by atoms with Crippen molar-refractivity contribution in [1.82, 2.24) is 4.90 Å². The number of amides is 1. The van der Waals surface area contributed by atoms with Crippen LogP contribution in [0.5, 0.6) is 0 Å². The van der Waals surface area contributed by atoms with Gasteiger partial charge in [0.25, 0.3) is 5.91 Å². The van der Waals surface area contributed by atoms with Crippen LogP contribution in [0.15, 0.2) is 52.7 Å². The molecule has 0 aliphatic carbocycles. The largest absolute Gasteiger partial charge is 0.338 e. The molecule has 4 nitrogen and oxygen atoms in total. The van der Waals surface area contributed by atoms with E-state index in [9.17, 15) is 13.2 Å². The standard InChI is InChI=1S/C17H19NO3S2/c19-17(16-7-4-12-22-16)18-10-8-14(9-11-18)13-23(20,21)15-5-2-1-3-6-15/h1-7,12,14H,8-11,13H2. The number of hydrogen-bond donors (Lipinski definition) is 0. The summed E-state index contributed by atoms with van der Waals surface area (Å²) in [4.78, 5) is 15.3. The van der Waals surface area contributed by atoms with E-state index in [-0.39, 0.29) is 17.6 Å². The van der Waals surface area contributed by atoms with E-state index in [1.54, 1.807) is 24.3 Å². The summed E-state index contributed by atoms with van der Waals surface area (Å²) >= 11 is 1.45. The van der Waals surface area contributed by atoms with Gasteiger partial charge in [-0.3, -0.25) is 4.79 Å². The van der Waals surface area contributed by atoms with Crippen molar-refractivity contribution in [3.8, 4) is 0 Å². The molecule has 1 amide bonds. The fraction of sp³-hybridized carbons (Fsp3) is 0.353. The first-order valence-electron chi connectivity index (χ1n) is 7.67. The fourth-order valence-electron chi connectivity index (χ4n) is 2.89. The highest BCUT2D eigenvalue weighted by Crippen LogP contribution is 2.24. The number of nitrogens with zero attached hydrogens (tertiary/aromatic N) is 1. The van der Waals surface area contributed by atoms with Crippen molar-refractivity contribution in [2.45, 2.75) is 17.7 Å². The molecule has 2 heterocycles. The van der Waals surface area contributed by atoms with Gasteiger partial charge in [0.2, 0.25) is 0 Å². The summed E-state index contributed by atoms with van der Waals surface area (Å²) in [6, 6.07) is 12.3. The van der Waals surface area contributed by atoms with Crippen molar-refractivity contribution in [2.75, 3.05) is 18.8 Å². The van der Waals surface area contributed by atoms with E-state index in [4.69, 9.17) is 0 Å². The van der Waals surface area contributed by atoms with Gasteiger partial charge in [-0.1, -0.05) is 24.3 Å². The van der Waals surface area contributed by atoms with Gasteiger partial charge in [0.1, 0.15) is 0 Å². The molecule has 0 spiro atoms. The number of benzene rings is 1. The summed E-state index contributed by atoms with van der Waals surface area (Å²) in [5.74, 6) is 0.342. The number of likely N-dealkylation sites (tertiary alicyclic amines) is 1. The Balaban J connectivity index is 1.58. The van der Waals surface area contributed by atoms with Crippen molar-refractivity contribution >= 4 is 27.1 Å². The van der Waals surface area contributed by atoms with E-state index < -0.39 is 9.84 Å². The molecule has 1 aromatic heterocycles. The van der Waals surface area contributed by atoms with E-state index in [1.807, 2.05) is 28.5 Å². The Morgan fingerprint density at radius 1 is 1.09 bits per heavy atom. The smallest absolute Gasteiger partial charge is 0.263 e. The Bertz CT molecular complexity index is 746. The summed E-state index contributed by atoms with van der Waals surface area (Å²) in [5, 5.41) is 1.90. The van der Waals surface area contributed by atoms with E-state index in [0.717, 1.165) is 17.7 Å². The number of rotatable bonds is 4. The minimum Gasteiger partial charge on any atom is -0.338 e. The lowest BCUT2D eigenvalue weighted by Gasteiger charge is -2.31. The number of hydrogen-bond acceptors (Lipinski definition) is 4. The average Bonchev–Trinajstić information content (AvgIpc) is 3.10. The van der Waals surface area contributed by atoms with Crippen molar-refractivity contribution in [3.63, 3.8) is 0 Å². The molecule has 2 aromatic rings. The number of carbonyl (C=O) groups is 1. The third kappa shape index (κ3) is 3.82. The monoisotopic (exact) mass is 349 g/mol. The molecule has 6 heteroatoms. The van der Waals surface area contributed by atoms with Crippen LogP contribution in [0.25, 0.3) is 0 Å². The third-order valence-electron chi connectivity index (χ3n) is 4.19. The molecule has 0 unspecified atom stereocenters. The highest BCUT2D eigenvalue weighted by molar-refractivity contribution is 7.91. The predicted octanol–water partition coefficient (Wildman–Crippen LogP) is 3.07. The molecule has 23 heavy (non-hydrogen) atoms. The Morgan fingerprint density at radius 2 is 1.78 bits per heavy atom. The number of carbonyl (C=O) groups excluding carboxylic acids is 1. The molecule has 0 saturated carbocycles. The molecule has 0 bridgehead atoms. The Kier molecular flexibility index (Phi) is 4.82. The quantitative estimate of drug-likeness (QED) is 0.852. The first-order chi connectivity index (χ1) is 11.1. The Labute approximate surface area is 140 Å². The summed E-state index contributed by atoms with van der Waals surface area (Å²) in [7, 11) is -3.24. The lowest BCUT2D eigenvalue weighted by molar-refractivity contribution is 0.0703. The zero-order valence-corrected chi connectivity index (χ0v) is 14.4. The number of sulfone groups is 1. The first kappa shape index (κ1) is 16.2. The molecule has 1 fully saturated rings. The van der Waals surface area contributed by atoms with E-state index in [2.05, 4.69) is 0 Å². The van der Waals surface area contributed by atoms with Gasteiger partial charge >= 0.3 is 0 Å². The lowest BCUT2D eigenvalue weighted by atomic mass is 9.99. The van der Waals surface area contributed by atoms with Gasteiger partial charge in [0, 0.05) is 13.1 Å². The highest BCUT2D eigenvalue weighted by Gasteiger charge is 2.28. The van der Waals surface area contributed by atoms with E-state index in [0.29, 0.717) is 18.0 Å². The molecule has 3 rings (SSSR count). The summed E-state index contributed by atoms with van der Waals surface area (Å²) in [6.07, 6.45) is 1.48. The topological polar surface area (TPSA) is 54.5 Å². The molecule has 1 aromatic carbocycles. The molecular formula is C17H19NO3S2. The zero-order valence-electron chi connectivity index (χ0n) is 12.7. The van der Waals surface area contributed by atoms with Crippen LogP contribution in [0, 0.1) is 5.92 Å². The zero-order chi connectivity index (χ0) is 16.3.